The van der Waals surface area contributed by atoms with Crippen LogP contribution in [-0.2, 0) is 6.54 Å². The zero-order chi connectivity index (χ0) is 13.3. The number of halogens is 1. The number of benzene rings is 1. The topological polar surface area (TPSA) is 43.7 Å². The number of likely N-dealkylation sites (tertiary alicyclic amines) is 1. The average Bonchev–Trinajstić information content (AvgIpc) is 2.60. The quantitative estimate of drug-likeness (QED) is 0.778. The summed E-state index contributed by atoms with van der Waals surface area (Å²) in [5.41, 5.74) is 1.20. The first-order valence-electron chi connectivity index (χ1n) is 6.24. The van der Waals surface area contributed by atoms with E-state index in [1.807, 2.05) is 0 Å². The second-order valence-electron chi connectivity index (χ2n) is 5.85. The molecule has 1 aliphatic heterocycles. The molecule has 3 nitrogen and oxygen atoms in total. The van der Waals surface area contributed by atoms with Crippen LogP contribution in [0.15, 0.2) is 18.2 Å². The van der Waals surface area contributed by atoms with E-state index in [1.54, 1.807) is 6.07 Å². The fraction of sp³-hybridized carbons (Fsp3) is 0.538. The van der Waals surface area contributed by atoms with Crippen molar-refractivity contribution in [1.29, 1.82) is 0 Å². The summed E-state index contributed by atoms with van der Waals surface area (Å²) in [7, 11) is -1.75. The van der Waals surface area contributed by atoms with Crippen molar-refractivity contribution in [1.82, 2.24) is 4.90 Å². The van der Waals surface area contributed by atoms with Crippen molar-refractivity contribution in [3.63, 3.8) is 0 Å². The molecule has 1 saturated heterocycles. The predicted molar refractivity (Wildman–Crippen MR) is 69.9 cm³/mol. The van der Waals surface area contributed by atoms with E-state index in [4.69, 9.17) is 10.0 Å². The van der Waals surface area contributed by atoms with Crippen molar-refractivity contribution in [2.75, 3.05) is 13.1 Å². The van der Waals surface area contributed by atoms with Crippen molar-refractivity contribution in [3.05, 3.63) is 29.6 Å². The standard InChI is InChI=1S/C13H19BFNO2/c1-13(2)5-6-16(9-13)8-10-3-4-12(15)11(7-10)14(17)18/h3-4,7,17-18H,5-6,8-9H2,1-2H3. The highest BCUT2D eigenvalue weighted by Gasteiger charge is 2.29. The van der Waals surface area contributed by atoms with E-state index in [1.165, 1.54) is 12.1 Å². The first-order chi connectivity index (χ1) is 8.37. The Kier molecular flexibility index (Phi) is 3.75. The Hall–Kier alpha value is -0.905. The van der Waals surface area contributed by atoms with Crippen LogP contribution in [0.3, 0.4) is 0 Å². The minimum atomic E-state index is -1.75. The fourth-order valence-corrected chi connectivity index (χ4v) is 2.51. The zero-order valence-electron chi connectivity index (χ0n) is 10.9. The number of hydrogen-bond donors (Lipinski definition) is 2. The first-order valence-corrected chi connectivity index (χ1v) is 6.24. The first kappa shape index (κ1) is 13.5. The summed E-state index contributed by atoms with van der Waals surface area (Å²) in [5.74, 6) is -0.574. The smallest absolute Gasteiger partial charge is 0.423 e. The zero-order valence-corrected chi connectivity index (χ0v) is 10.9. The summed E-state index contributed by atoms with van der Waals surface area (Å²) in [6, 6.07) is 4.53. The van der Waals surface area contributed by atoms with Crippen LogP contribution in [-0.4, -0.2) is 35.2 Å². The van der Waals surface area contributed by atoms with Gasteiger partial charge in [0.2, 0.25) is 0 Å². The third kappa shape index (κ3) is 3.10. The van der Waals surface area contributed by atoms with Gasteiger partial charge in [0, 0.05) is 18.6 Å². The van der Waals surface area contributed by atoms with Crippen LogP contribution >= 0.6 is 0 Å². The molecular formula is C13H19BFNO2. The highest BCUT2D eigenvalue weighted by atomic mass is 19.1. The van der Waals surface area contributed by atoms with Gasteiger partial charge in [-0.1, -0.05) is 26.0 Å². The van der Waals surface area contributed by atoms with Gasteiger partial charge in [0.05, 0.1) is 0 Å². The monoisotopic (exact) mass is 251 g/mol. The summed E-state index contributed by atoms with van der Waals surface area (Å²) in [6.45, 7) is 7.24. The van der Waals surface area contributed by atoms with Gasteiger partial charge in [-0.25, -0.2) is 4.39 Å². The van der Waals surface area contributed by atoms with E-state index in [9.17, 15) is 4.39 Å². The summed E-state index contributed by atoms with van der Waals surface area (Å²) in [6.07, 6.45) is 1.16. The van der Waals surface area contributed by atoms with Gasteiger partial charge in [0.15, 0.2) is 0 Å². The van der Waals surface area contributed by atoms with E-state index >= 15 is 0 Å². The van der Waals surface area contributed by atoms with Crippen molar-refractivity contribution in [3.8, 4) is 0 Å². The maximum atomic E-state index is 13.3. The number of nitrogens with zero attached hydrogens (tertiary/aromatic N) is 1. The Balaban J connectivity index is 2.09. The summed E-state index contributed by atoms with van der Waals surface area (Å²) in [5, 5.41) is 18.1. The highest BCUT2D eigenvalue weighted by Crippen LogP contribution is 2.29. The SMILES string of the molecule is CC1(C)CCN(Cc2ccc(F)c(B(O)O)c2)C1. The lowest BCUT2D eigenvalue weighted by molar-refractivity contribution is 0.284. The van der Waals surface area contributed by atoms with Crippen molar-refractivity contribution in [2.24, 2.45) is 5.41 Å². The molecule has 0 aromatic heterocycles. The molecule has 0 radical (unpaired) electrons. The van der Waals surface area contributed by atoms with Gasteiger partial charge in [0.1, 0.15) is 5.82 Å². The molecule has 0 unspecified atom stereocenters. The molecule has 1 fully saturated rings. The fourth-order valence-electron chi connectivity index (χ4n) is 2.51. The third-order valence-corrected chi connectivity index (χ3v) is 3.50. The number of rotatable bonds is 3. The molecule has 1 aromatic rings. The maximum Gasteiger partial charge on any atom is 0.491 e. The van der Waals surface area contributed by atoms with Gasteiger partial charge in [-0.15, -0.1) is 0 Å². The largest absolute Gasteiger partial charge is 0.491 e. The molecule has 1 aromatic carbocycles. The van der Waals surface area contributed by atoms with E-state index in [0.717, 1.165) is 31.6 Å². The molecule has 0 saturated carbocycles. The van der Waals surface area contributed by atoms with Gasteiger partial charge in [-0.05, 0) is 30.0 Å². The maximum absolute atomic E-state index is 13.3. The second-order valence-corrected chi connectivity index (χ2v) is 5.85. The van der Waals surface area contributed by atoms with Crippen LogP contribution in [0.5, 0.6) is 0 Å². The minimum absolute atomic E-state index is 0.0500. The molecule has 0 aliphatic carbocycles. The molecule has 0 amide bonds. The van der Waals surface area contributed by atoms with Crippen LogP contribution in [0, 0.1) is 11.2 Å². The van der Waals surface area contributed by atoms with Gasteiger partial charge >= 0.3 is 7.12 Å². The molecular weight excluding hydrogens is 232 g/mol. The Morgan fingerprint density at radius 3 is 2.67 bits per heavy atom. The predicted octanol–water partition coefficient (Wildman–Crippen LogP) is 0.737. The van der Waals surface area contributed by atoms with Crippen molar-refractivity contribution >= 4 is 12.6 Å². The molecule has 0 bridgehead atoms. The van der Waals surface area contributed by atoms with Crippen LogP contribution in [0.4, 0.5) is 4.39 Å². The Morgan fingerprint density at radius 1 is 1.39 bits per heavy atom. The molecule has 1 heterocycles. The van der Waals surface area contributed by atoms with Gasteiger partial charge in [0.25, 0.3) is 0 Å². The average molecular weight is 251 g/mol. The van der Waals surface area contributed by atoms with E-state index in [2.05, 4.69) is 18.7 Å². The summed E-state index contributed by atoms with van der Waals surface area (Å²) >= 11 is 0. The summed E-state index contributed by atoms with van der Waals surface area (Å²) < 4.78 is 13.3. The molecule has 1 aliphatic rings. The van der Waals surface area contributed by atoms with Gasteiger partial charge in [-0.3, -0.25) is 4.90 Å². The molecule has 18 heavy (non-hydrogen) atoms. The van der Waals surface area contributed by atoms with E-state index < -0.39 is 12.9 Å². The molecule has 0 atom stereocenters. The Bertz CT molecular complexity index is 437. The summed E-state index contributed by atoms with van der Waals surface area (Å²) in [4.78, 5) is 2.31. The Labute approximate surface area is 107 Å². The normalized spacial score (nSPS) is 19.2. The van der Waals surface area contributed by atoms with Crippen LogP contribution in [0.25, 0.3) is 0 Å². The molecule has 2 rings (SSSR count). The lowest BCUT2D eigenvalue weighted by Crippen LogP contribution is -2.33. The highest BCUT2D eigenvalue weighted by molar-refractivity contribution is 6.58. The van der Waals surface area contributed by atoms with E-state index in [-0.39, 0.29) is 5.46 Å². The Morgan fingerprint density at radius 2 is 2.11 bits per heavy atom. The van der Waals surface area contributed by atoms with Crippen molar-refractivity contribution < 1.29 is 14.4 Å². The van der Waals surface area contributed by atoms with Crippen molar-refractivity contribution in [2.45, 2.75) is 26.8 Å². The van der Waals surface area contributed by atoms with Gasteiger partial charge in [-0.2, -0.15) is 0 Å². The molecule has 2 N–H and O–H groups in total. The van der Waals surface area contributed by atoms with Crippen LogP contribution in [0.2, 0.25) is 0 Å². The second kappa shape index (κ2) is 5.00. The lowest BCUT2D eigenvalue weighted by atomic mass is 9.79. The van der Waals surface area contributed by atoms with Crippen LogP contribution < -0.4 is 5.46 Å². The third-order valence-electron chi connectivity index (χ3n) is 3.50. The van der Waals surface area contributed by atoms with Gasteiger partial charge < -0.3 is 10.0 Å². The number of hydrogen-bond acceptors (Lipinski definition) is 3. The van der Waals surface area contributed by atoms with Crippen LogP contribution in [0.1, 0.15) is 25.8 Å². The molecule has 0 spiro atoms. The lowest BCUT2D eigenvalue weighted by Gasteiger charge is -2.20. The molecule has 98 valence electrons. The van der Waals surface area contributed by atoms with E-state index in [0.29, 0.717) is 5.41 Å². The minimum Gasteiger partial charge on any atom is -0.423 e. The molecule has 5 heteroatoms.